The molecule has 7 heteroatoms. The summed E-state index contributed by atoms with van der Waals surface area (Å²) in [6.45, 7) is 5.83. The number of hydrogen-bond donors (Lipinski definition) is 3. The van der Waals surface area contributed by atoms with Crippen LogP contribution in [0.3, 0.4) is 0 Å². The number of unbranched alkanes of at least 4 members (excludes halogenated alkanes) is 1. The minimum absolute atomic E-state index is 0.643. The molecule has 0 radical (unpaired) electrons. The highest BCUT2D eigenvalue weighted by atomic mass is 16.5. The lowest BCUT2D eigenvalue weighted by atomic mass is 10.1. The Morgan fingerprint density at radius 3 is 2.67 bits per heavy atom. The second-order valence-electron chi connectivity index (χ2n) is 7.01. The molecule has 0 atom stereocenters. The molecule has 0 bridgehead atoms. The summed E-state index contributed by atoms with van der Waals surface area (Å²) in [5.41, 5.74) is 2.29. The Morgan fingerprint density at radius 2 is 1.90 bits per heavy atom. The van der Waals surface area contributed by atoms with Crippen molar-refractivity contribution in [2.24, 2.45) is 4.99 Å². The molecule has 0 aliphatic rings. The van der Waals surface area contributed by atoms with Gasteiger partial charge in [0.25, 0.3) is 0 Å². The lowest BCUT2D eigenvalue weighted by Crippen LogP contribution is -2.37. The number of rotatable bonds is 13. The molecule has 7 nitrogen and oxygen atoms in total. The van der Waals surface area contributed by atoms with E-state index in [-0.39, 0.29) is 0 Å². The van der Waals surface area contributed by atoms with Gasteiger partial charge in [-0.2, -0.15) is 0 Å². The number of benzene rings is 1. The summed E-state index contributed by atoms with van der Waals surface area (Å²) in [5, 5.41) is 10.1. The first-order chi connectivity index (χ1) is 14.7. The first kappa shape index (κ1) is 23.5. The SMILES string of the molecule is CN=C(NCCCCNc1ccccn1)NCc1ccc(C)cc1OCCCOC. The van der Waals surface area contributed by atoms with E-state index in [0.29, 0.717) is 19.8 Å². The van der Waals surface area contributed by atoms with Crippen molar-refractivity contribution in [1.82, 2.24) is 15.6 Å². The van der Waals surface area contributed by atoms with Gasteiger partial charge in [0.05, 0.1) is 6.61 Å². The number of anilines is 1. The predicted molar refractivity (Wildman–Crippen MR) is 123 cm³/mol. The average molecular weight is 414 g/mol. The van der Waals surface area contributed by atoms with E-state index in [0.717, 1.165) is 55.4 Å². The molecule has 30 heavy (non-hydrogen) atoms. The Balaban J connectivity index is 1.69. The van der Waals surface area contributed by atoms with Crippen LogP contribution < -0.4 is 20.7 Å². The normalized spacial score (nSPS) is 11.2. The monoisotopic (exact) mass is 413 g/mol. The second-order valence-corrected chi connectivity index (χ2v) is 7.01. The summed E-state index contributed by atoms with van der Waals surface area (Å²) in [4.78, 5) is 8.57. The third-order valence-corrected chi connectivity index (χ3v) is 4.51. The Labute approximate surface area is 180 Å². The number of nitrogens with one attached hydrogen (secondary N) is 3. The molecular weight excluding hydrogens is 378 g/mol. The Bertz CT molecular complexity index is 753. The zero-order chi connectivity index (χ0) is 21.4. The van der Waals surface area contributed by atoms with Gasteiger partial charge in [-0.25, -0.2) is 4.98 Å². The second kappa shape index (κ2) is 14.2. The molecule has 2 aromatic rings. The van der Waals surface area contributed by atoms with Gasteiger partial charge >= 0.3 is 0 Å². The molecule has 1 aromatic carbocycles. The minimum atomic E-state index is 0.643. The zero-order valence-corrected chi connectivity index (χ0v) is 18.4. The molecule has 0 saturated carbocycles. The van der Waals surface area contributed by atoms with Crippen molar-refractivity contribution in [1.29, 1.82) is 0 Å². The van der Waals surface area contributed by atoms with E-state index in [1.54, 1.807) is 20.4 Å². The summed E-state index contributed by atoms with van der Waals surface area (Å²) < 4.78 is 11.0. The van der Waals surface area contributed by atoms with Crippen LogP contribution in [0.4, 0.5) is 5.82 Å². The van der Waals surface area contributed by atoms with Crippen LogP contribution in [0.2, 0.25) is 0 Å². The van der Waals surface area contributed by atoms with E-state index in [1.807, 2.05) is 18.2 Å². The largest absolute Gasteiger partial charge is 0.493 e. The van der Waals surface area contributed by atoms with Crippen LogP contribution in [-0.2, 0) is 11.3 Å². The van der Waals surface area contributed by atoms with E-state index in [2.05, 4.69) is 51.0 Å². The molecule has 0 aliphatic carbocycles. The van der Waals surface area contributed by atoms with Gasteiger partial charge in [0.2, 0.25) is 0 Å². The summed E-state index contributed by atoms with van der Waals surface area (Å²) in [7, 11) is 3.49. The maximum atomic E-state index is 5.96. The van der Waals surface area contributed by atoms with Crippen LogP contribution >= 0.6 is 0 Å². The highest BCUT2D eigenvalue weighted by Gasteiger charge is 2.06. The molecule has 0 saturated heterocycles. The van der Waals surface area contributed by atoms with Gasteiger partial charge in [-0.3, -0.25) is 4.99 Å². The van der Waals surface area contributed by atoms with E-state index in [1.165, 1.54) is 5.56 Å². The summed E-state index contributed by atoms with van der Waals surface area (Å²) >= 11 is 0. The van der Waals surface area contributed by atoms with Crippen molar-refractivity contribution < 1.29 is 9.47 Å². The highest BCUT2D eigenvalue weighted by molar-refractivity contribution is 5.79. The fourth-order valence-corrected chi connectivity index (χ4v) is 2.87. The predicted octanol–water partition coefficient (Wildman–Crippen LogP) is 3.36. The molecule has 0 spiro atoms. The Kier molecular flexibility index (Phi) is 11.1. The molecule has 1 heterocycles. The van der Waals surface area contributed by atoms with Gasteiger partial charge in [-0.1, -0.05) is 18.2 Å². The number of pyridine rings is 1. The van der Waals surface area contributed by atoms with Gasteiger partial charge in [-0.15, -0.1) is 0 Å². The number of aromatic nitrogens is 1. The van der Waals surface area contributed by atoms with E-state index < -0.39 is 0 Å². The number of nitrogens with zero attached hydrogens (tertiary/aromatic N) is 2. The third-order valence-electron chi connectivity index (χ3n) is 4.51. The van der Waals surface area contributed by atoms with Gasteiger partial charge in [0, 0.05) is 58.6 Å². The number of ether oxygens (including phenoxy) is 2. The number of aryl methyl sites for hydroxylation is 1. The Hall–Kier alpha value is -2.80. The molecular formula is C23H35N5O2. The summed E-state index contributed by atoms with van der Waals surface area (Å²) in [5.74, 6) is 2.62. The summed E-state index contributed by atoms with van der Waals surface area (Å²) in [6.07, 6.45) is 4.76. The number of aliphatic imine (C=N–C) groups is 1. The molecule has 3 N–H and O–H groups in total. The molecule has 164 valence electrons. The smallest absolute Gasteiger partial charge is 0.191 e. The standard InChI is InChI=1S/C23H35N5O2/c1-19-10-11-20(21(17-19)30-16-8-15-29-3)18-28-23(24-2)27-14-7-6-13-26-22-9-4-5-12-25-22/h4-5,9-12,17H,6-8,13-16,18H2,1-3H3,(H,25,26)(H2,24,27,28). The summed E-state index contributed by atoms with van der Waals surface area (Å²) in [6, 6.07) is 12.2. The van der Waals surface area contributed by atoms with Crippen molar-refractivity contribution in [3.8, 4) is 5.75 Å². The highest BCUT2D eigenvalue weighted by Crippen LogP contribution is 2.20. The van der Waals surface area contributed by atoms with Crippen LogP contribution in [-0.4, -0.2) is 51.4 Å². The van der Waals surface area contributed by atoms with Gasteiger partial charge in [0.1, 0.15) is 11.6 Å². The van der Waals surface area contributed by atoms with Crippen LogP contribution in [0, 0.1) is 6.92 Å². The molecule has 2 rings (SSSR count). The lowest BCUT2D eigenvalue weighted by molar-refractivity contribution is 0.171. The molecule has 0 unspecified atom stereocenters. The fourth-order valence-electron chi connectivity index (χ4n) is 2.87. The third kappa shape index (κ3) is 9.13. The molecule has 0 aliphatic heterocycles. The topological polar surface area (TPSA) is 79.8 Å². The average Bonchev–Trinajstić information content (AvgIpc) is 2.77. The molecule has 0 amide bonds. The molecule has 0 fully saturated rings. The van der Waals surface area contributed by atoms with E-state index in [9.17, 15) is 0 Å². The molecule has 1 aromatic heterocycles. The Morgan fingerprint density at radius 1 is 1.03 bits per heavy atom. The first-order valence-corrected chi connectivity index (χ1v) is 10.5. The van der Waals surface area contributed by atoms with Crippen LogP contribution in [0.1, 0.15) is 30.4 Å². The maximum absolute atomic E-state index is 5.96. The van der Waals surface area contributed by atoms with Crippen molar-refractivity contribution in [3.05, 3.63) is 53.7 Å². The van der Waals surface area contributed by atoms with Crippen LogP contribution in [0.15, 0.2) is 47.6 Å². The first-order valence-electron chi connectivity index (χ1n) is 10.5. The van der Waals surface area contributed by atoms with Crippen molar-refractivity contribution >= 4 is 11.8 Å². The zero-order valence-electron chi connectivity index (χ0n) is 18.4. The van der Waals surface area contributed by atoms with Crippen molar-refractivity contribution in [2.75, 3.05) is 45.8 Å². The van der Waals surface area contributed by atoms with Crippen molar-refractivity contribution in [2.45, 2.75) is 32.7 Å². The van der Waals surface area contributed by atoms with E-state index >= 15 is 0 Å². The van der Waals surface area contributed by atoms with Crippen LogP contribution in [0.25, 0.3) is 0 Å². The number of guanidine groups is 1. The quantitative estimate of drug-likeness (QED) is 0.265. The van der Waals surface area contributed by atoms with Gasteiger partial charge < -0.3 is 25.4 Å². The number of hydrogen-bond acceptors (Lipinski definition) is 5. The van der Waals surface area contributed by atoms with Gasteiger partial charge in [0.15, 0.2) is 5.96 Å². The van der Waals surface area contributed by atoms with Crippen LogP contribution in [0.5, 0.6) is 5.75 Å². The maximum Gasteiger partial charge on any atom is 0.191 e. The van der Waals surface area contributed by atoms with E-state index in [4.69, 9.17) is 9.47 Å². The van der Waals surface area contributed by atoms with Gasteiger partial charge in [-0.05, 0) is 43.5 Å². The lowest BCUT2D eigenvalue weighted by Gasteiger charge is -2.15. The fraction of sp³-hybridized carbons (Fsp3) is 0.478. The minimum Gasteiger partial charge on any atom is -0.493 e. The number of methoxy groups -OCH3 is 1. The van der Waals surface area contributed by atoms with Crippen molar-refractivity contribution in [3.63, 3.8) is 0 Å².